The number of hydrogen-bond acceptors (Lipinski definition) is 4. The van der Waals surface area contributed by atoms with Crippen LogP contribution in [0, 0.1) is 0 Å². The Bertz CT molecular complexity index is 647. The summed E-state index contributed by atoms with van der Waals surface area (Å²) in [5.74, 6) is 0.130. The van der Waals surface area contributed by atoms with Gasteiger partial charge in [-0.2, -0.15) is 5.10 Å². The third-order valence-electron chi connectivity index (χ3n) is 2.27. The summed E-state index contributed by atoms with van der Waals surface area (Å²) in [6.07, 6.45) is 6.51. The van der Waals surface area contributed by atoms with E-state index in [0.717, 1.165) is 16.9 Å². The minimum Gasteiger partial charge on any atom is -0.506 e. The van der Waals surface area contributed by atoms with E-state index in [1.54, 1.807) is 29.2 Å². The van der Waals surface area contributed by atoms with Crippen LogP contribution in [0.2, 0.25) is 0 Å². The topological polar surface area (TPSA) is 63.3 Å². The third-order valence-corrected chi connectivity index (χ3v) is 2.27. The standard InChI is InChI=1S/C11H8N4O/c16-9-5-8(6-12-7-9)10-1-2-11-13-3-4-15(11)14-10/h1-7,16H. The minimum absolute atomic E-state index is 0.130. The highest BCUT2D eigenvalue weighted by Crippen LogP contribution is 2.19. The molecule has 0 saturated heterocycles. The molecule has 0 saturated carbocycles. The van der Waals surface area contributed by atoms with Crippen LogP contribution in [-0.2, 0) is 0 Å². The van der Waals surface area contributed by atoms with E-state index >= 15 is 0 Å². The Hall–Kier alpha value is -2.43. The predicted octanol–water partition coefficient (Wildman–Crippen LogP) is 1.50. The molecule has 78 valence electrons. The first kappa shape index (κ1) is 8.84. The predicted molar refractivity (Wildman–Crippen MR) is 57.9 cm³/mol. The molecule has 0 amide bonds. The summed E-state index contributed by atoms with van der Waals surface area (Å²) in [5, 5.41) is 13.7. The van der Waals surface area contributed by atoms with Crippen LogP contribution in [0.25, 0.3) is 16.9 Å². The average Bonchev–Trinajstić information content (AvgIpc) is 2.75. The summed E-state index contributed by atoms with van der Waals surface area (Å²) in [4.78, 5) is 8.02. The molecule has 0 atom stereocenters. The zero-order chi connectivity index (χ0) is 11.0. The largest absolute Gasteiger partial charge is 0.506 e. The lowest BCUT2D eigenvalue weighted by Crippen LogP contribution is -1.93. The van der Waals surface area contributed by atoms with Gasteiger partial charge in [-0.25, -0.2) is 9.50 Å². The molecule has 3 aromatic rings. The number of imidazole rings is 1. The van der Waals surface area contributed by atoms with Crippen LogP contribution < -0.4 is 0 Å². The van der Waals surface area contributed by atoms with Gasteiger partial charge in [0.05, 0.1) is 11.9 Å². The fourth-order valence-electron chi connectivity index (χ4n) is 1.54. The fraction of sp³-hybridized carbons (Fsp3) is 0. The Labute approximate surface area is 91.0 Å². The number of pyridine rings is 1. The van der Waals surface area contributed by atoms with Gasteiger partial charge < -0.3 is 5.11 Å². The van der Waals surface area contributed by atoms with Crippen molar-refractivity contribution in [2.24, 2.45) is 0 Å². The molecule has 3 heterocycles. The Morgan fingerprint density at radius 3 is 3.00 bits per heavy atom. The zero-order valence-electron chi connectivity index (χ0n) is 8.28. The maximum absolute atomic E-state index is 9.34. The summed E-state index contributed by atoms with van der Waals surface area (Å²) in [6, 6.07) is 5.34. The third kappa shape index (κ3) is 1.38. The van der Waals surface area contributed by atoms with Crippen LogP contribution in [-0.4, -0.2) is 24.7 Å². The lowest BCUT2D eigenvalue weighted by molar-refractivity contribution is 0.473. The second kappa shape index (κ2) is 3.30. The van der Waals surface area contributed by atoms with Crippen LogP contribution in [0.5, 0.6) is 5.75 Å². The van der Waals surface area contributed by atoms with E-state index in [0.29, 0.717) is 0 Å². The Kier molecular flexibility index (Phi) is 1.83. The Morgan fingerprint density at radius 1 is 1.19 bits per heavy atom. The first-order valence-corrected chi connectivity index (χ1v) is 4.78. The second-order valence-electron chi connectivity index (χ2n) is 3.38. The molecule has 0 aliphatic heterocycles. The van der Waals surface area contributed by atoms with Crippen molar-refractivity contribution in [1.29, 1.82) is 0 Å². The molecule has 0 radical (unpaired) electrons. The molecule has 0 unspecified atom stereocenters. The van der Waals surface area contributed by atoms with Gasteiger partial charge in [-0.05, 0) is 18.2 Å². The molecule has 5 nitrogen and oxygen atoms in total. The van der Waals surface area contributed by atoms with Crippen molar-refractivity contribution in [3.63, 3.8) is 0 Å². The minimum atomic E-state index is 0.130. The van der Waals surface area contributed by atoms with E-state index in [9.17, 15) is 5.11 Å². The normalized spacial score (nSPS) is 10.8. The first-order chi connectivity index (χ1) is 7.83. The summed E-state index contributed by atoms with van der Waals surface area (Å²) >= 11 is 0. The number of aromatic hydroxyl groups is 1. The highest BCUT2D eigenvalue weighted by atomic mass is 16.3. The van der Waals surface area contributed by atoms with Gasteiger partial charge in [0, 0.05) is 24.2 Å². The summed E-state index contributed by atoms with van der Waals surface area (Å²) in [7, 11) is 0. The maximum Gasteiger partial charge on any atom is 0.153 e. The van der Waals surface area contributed by atoms with Crippen LogP contribution in [0.15, 0.2) is 43.0 Å². The van der Waals surface area contributed by atoms with Crippen molar-refractivity contribution >= 4 is 5.65 Å². The lowest BCUT2D eigenvalue weighted by atomic mass is 10.2. The van der Waals surface area contributed by atoms with Gasteiger partial charge in [0.1, 0.15) is 5.75 Å². The summed E-state index contributed by atoms with van der Waals surface area (Å²) in [5.41, 5.74) is 2.31. The smallest absolute Gasteiger partial charge is 0.153 e. The molecular weight excluding hydrogens is 204 g/mol. The lowest BCUT2D eigenvalue weighted by Gasteiger charge is -2.01. The molecule has 3 aromatic heterocycles. The van der Waals surface area contributed by atoms with E-state index in [4.69, 9.17) is 0 Å². The van der Waals surface area contributed by atoms with E-state index in [2.05, 4.69) is 15.1 Å². The van der Waals surface area contributed by atoms with Gasteiger partial charge in [0.2, 0.25) is 0 Å². The summed E-state index contributed by atoms with van der Waals surface area (Å²) < 4.78 is 1.68. The van der Waals surface area contributed by atoms with E-state index in [1.807, 2.05) is 12.1 Å². The van der Waals surface area contributed by atoms with Crippen molar-refractivity contribution in [3.8, 4) is 17.0 Å². The SMILES string of the molecule is Oc1cncc(-c2ccc3nccn3n2)c1. The molecule has 3 rings (SSSR count). The second-order valence-corrected chi connectivity index (χ2v) is 3.38. The number of nitrogens with zero attached hydrogens (tertiary/aromatic N) is 4. The molecule has 16 heavy (non-hydrogen) atoms. The van der Waals surface area contributed by atoms with Crippen LogP contribution in [0.3, 0.4) is 0 Å². The van der Waals surface area contributed by atoms with Crippen LogP contribution in [0.4, 0.5) is 0 Å². The van der Waals surface area contributed by atoms with Gasteiger partial charge in [0.25, 0.3) is 0 Å². The summed E-state index contributed by atoms with van der Waals surface area (Å²) in [6.45, 7) is 0. The fourth-order valence-corrected chi connectivity index (χ4v) is 1.54. The molecule has 0 fully saturated rings. The van der Waals surface area contributed by atoms with Gasteiger partial charge >= 0.3 is 0 Å². The average molecular weight is 212 g/mol. The molecule has 1 N–H and O–H groups in total. The van der Waals surface area contributed by atoms with Gasteiger partial charge in [-0.15, -0.1) is 0 Å². The van der Waals surface area contributed by atoms with E-state index in [-0.39, 0.29) is 5.75 Å². The molecular formula is C11H8N4O. The monoisotopic (exact) mass is 212 g/mol. The molecule has 0 bridgehead atoms. The van der Waals surface area contributed by atoms with Gasteiger partial charge in [0.15, 0.2) is 5.65 Å². The number of rotatable bonds is 1. The van der Waals surface area contributed by atoms with Crippen LogP contribution >= 0.6 is 0 Å². The number of fused-ring (bicyclic) bond motifs is 1. The van der Waals surface area contributed by atoms with E-state index < -0.39 is 0 Å². The molecule has 5 heteroatoms. The molecule has 0 aromatic carbocycles. The van der Waals surface area contributed by atoms with Crippen LogP contribution in [0.1, 0.15) is 0 Å². The number of hydrogen-bond donors (Lipinski definition) is 1. The zero-order valence-corrected chi connectivity index (χ0v) is 8.28. The molecule has 0 aliphatic carbocycles. The molecule has 0 aliphatic rings. The van der Waals surface area contributed by atoms with E-state index in [1.165, 1.54) is 6.20 Å². The van der Waals surface area contributed by atoms with Crippen molar-refractivity contribution in [1.82, 2.24) is 19.6 Å². The number of aromatic nitrogens is 4. The highest BCUT2D eigenvalue weighted by molar-refractivity contribution is 5.60. The van der Waals surface area contributed by atoms with Gasteiger partial charge in [-0.1, -0.05) is 0 Å². The molecule has 0 spiro atoms. The quantitative estimate of drug-likeness (QED) is 0.663. The van der Waals surface area contributed by atoms with Crippen molar-refractivity contribution in [2.45, 2.75) is 0 Å². The Balaban J connectivity index is 2.18. The van der Waals surface area contributed by atoms with Crippen molar-refractivity contribution in [2.75, 3.05) is 0 Å². The maximum atomic E-state index is 9.34. The Morgan fingerprint density at radius 2 is 2.12 bits per heavy atom. The highest BCUT2D eigenvalue weighted by Gasteiger charge is 2.02. The van der Waals surface area contributed by atoms with Gasteiger partial charge in [-0.3, -0.25) is 4.98 Å². The van der Waals surface area contributed by atoms with Crippen molar-refractivity contribution < 1.29 is 5.11 Å². The van der Waals surface area contributed by atoms with Crippen molar-refractivity contribution in [3.05, 3.63) is 43.0 Å². The first-order valence-electron chi connectivity index (χ1n) is 4.78.